The van der Waals surface area contributed by atoms with Gasteiger partial charge in [-0.15, -0.1) is 0 Å². The van der Waals surface area contributed by atoms with Crippen LogP contribution in [0.5, 0.6) is 0 Å². The summed E-state index contributed by atoms with van der Waals surface area (Å²) in [6.45, 7) is 2.13. The molecule has 4 aromatic heterocycles. The van der Waals surface area contributed by atoms with Gasteiger partial charge in [-0.2, -0.15) is 0 Å². The van der Waals surface area contributed by atoms with Gasteiger partial charge >= 0.3 is 0 Å². The van der Waals surface area contributed by atoms with Crippen LogP contribution in [0.4, 0.5) is 0 Å². The number of fused-ring (bicyclic) bond motifs is 1. The largest absolute Gasteiger partial charge is 0.451 e. The molecule has 7 nitrogen and oxygen atoms in total. The number of aromatic nitrogens is 4. The lowest BCUT2D eigenvalue weighted by atomic mass is 10.1. The molecule has 0 bridgehead atoms. The summed E-state index contributed by atoms with van der Waals surface area (Å²) in [4.78, 5) is 25.9. The molecule has 0 aliphatic heterocycles. The van der Waals surface area contributed by atoms with Crippen molar-refractivity contribution >= 4 is 23.0 Å². The molecule has 0 radical (unpaired) electrons. The molecule has 158 valence electrons. The Morgan fingerprint density at radius 3 is 2.75 bits per heavy atom. The Balaban J connectivity index is 1.55. The summed E-state index contributed by atoms with van der Waals surface area (Å²) in [7, 11) is 0. The third kappa shape index (κ3) is 3.86. The first-order valence-electron chi connectivity index (χ1n) is 9.94. The molecule has 0 unspecified atom stereocenters. The molecule has 0 saturated heterocycles. The van der Waals surface area contributed by atoms with E-state index in [1.165, 1.54) is 12.7 Å². The molecule has 0 atom stereocenters. The number of hydrogen-bond donors (Lipinski definition) is 1. The number of carbonyl (C=O) groups is 1. The predicted molar refractivity (Wildman–Crippen MR) is 121 cm³/mol. The molecular weight excluding hydrogens is 426 g/mol. The van der Waals surface area contributed by atoms with E-state index >= 15 is 0 Å². The maximum Gasteiger partial charge on any atom is 0.253 e. The van der Waals surface area contributed by atoms with Crippen molar-refractivity contribution in [1.82, 2.24) is 24.7 Å². The van der Waals surface area contributed by atoms with Gasteiger partial charge in [0.15, 0.2) is 6.39 Å². The molecule has 0 saturated carbocycles. The van der Waals surface area contributed by atoms with Crippen molar-refractivity contribution in [2.24, 2.45) is 0 Å². The van der Waals surface area contributed by atoms with Crippen LogP contribution >= 0.6 is 11.6 Å². The van der Waals surface area contributed by atoms with Gasteiger partial charge in [0, 0.05) is 22.9 Å². The van der Waals surface area contributed by atoms with E-state index in [2.05, 4.69) is 20.3 Å². The monoisotopic (exact) mass is 443 g/mol. The van der Waals surface area contributed by atoms with E-state index < -0.39 is 0 Å². The average molecular weight is 444 g/mol. The molecule has 5 aromatic rings. The number of aryl methyl sites for hydroxylation is 1. The normalized spacial score (nSPS) is 11.1. The van der Waals surface area contributed by atoms with Crippen molar-refractivity contribution in [2.75, 3.05) is 0 Å². The van der Waals surface area contributed by atoms with Gasteiger partial charge in [-0.05, 0) is 42.3 Å². The highest BCUT2D eigenvalue weighted by Gasteiger charge is 2.20. The van der Waals surface area contributed by atoms with Gasteiger partial charge in [0.05, 0.1) is 35.4 Å². The van der Waals surface area contributed by atoms with E-state index in [4.69, 9.17) is 16.0 Å². The number of carbonyl (C=O) groups excluding carboxylic acids is 1. The lowest BCUT2D eigenvalue weighted by Gasteiger charge is -2.08. The fourth-order valence-corrected chi connectivity index (χ4v) is 3.74. The van der Waals surface area contributed by atoms with E-state index in [0.29, 0.717) is 27.7 Å². The lowest BCUT2D eigenvalue weighted by Crippen LogP contribution is -2.23. The van der Waals surface area contributed by atoms with E-state index in [-0.39, 0.29) is 12.5 Å². The molecule has 32 heavy (non-hydrogen) atoms. The third-order valence-corrected chi connectivity index (χ3v) is 5.35. The number of oxazole rings is 1. The number of nitrogens with zero attached hydrogens (tertiary/aromatic N) is 4. The highest BCUT2D eigenvalue weighted by atomic mass is 35.5. The zero-order valence-corrected chi connectivity index (χ0v) is 17.9. The van der Waals surface area contributed by atoms with Crippen molar-refractivity contribution in [3.05, 3.63) is 95.7 Å². The Morgan fingerprint density at radius 1 is 1.09 bits per heavy atom. The van der Waals surface area contributed by atoms with Gasteiger partial charge in [0.2, 0.25) is 0 Å². The van der Waals surface area contributed by atoms with Crippen LogP contribution in [0, 0.1) is 6.92 Å². The lowest BCUT2D eigenvalue weighted by molar-refractivity contribution is 0.0951. The number of nitrogens with one attached hydrogen (secondary N) is 1. The minimum absolute atomic E-state index is 0.238. The van der Waals surface area contributed by atoms with E-state index in [1.807, 2.05) is 60.0 Å². The number of amides is 1. The maximum atomic E-state index is 13.1. The minimum Gasteiger partial charge on any atom is -0.451 e. The van der Waals surface area contributed by atoms with Crippen LogP contribution in [0.3, 0.4) is 0 Å². The number of hydrogen-bond acceptors (Lipinski definition) is 5. The Bertz CT molecular complexity index is 1410. The topological polar surface area (TPSA) is 85.3 Å². The van der Waals surface area contributed by atoms with Crippen molar-refractivity contribution < 1.29 is 9.21 Å². The molecule has 0 spiro atoms. The molecule has 0 fully saturated rings. The zero-order valence-electron chi connectivity index (χ0n) is 17.1. The van der Waals surface area contributed by atoms with Gasteiger partial charge < -0.3 is 14.1 Å². The van der Waals surface area contributed by atoms with E-state index in [1.54, 1.807) is 12.4 Å². The molecule has 5 rings (SSSR count). The fraction of sp³-hybridized carbons (Fsp3) is 0.0833. The molecule has 0 aliphatic rings. The van der Waals surface area contributed by atoms with Gasteiger partial charge in [0.25, 0.3) is 5.91 Å². The molecule has 1 N–H and O–H groups in total. The van der Waals surface area contributed by atoms with Crippen LogP contribution in [0.15, 0.2) is 78.1 Å². The first kappa shape index (κ1) is 20.0. The Morgan fingerprint density at radius 2 is 2.00 bits per heavy atom. The second kappa shape index (κ2) is 8.28. The van der Waals surface area contributed by atoms with Crippen molar-refractivity contribution in [1.29, 1.82) is 0 Å². The summed E-state index contributed by atoms with van der Waals surface area (Å²) in [5, 5.41) is 3.58. The van der Waals surface area contributed by atoms with Gasteiger partial charge in [-0.3, -0.25) is 14.8 Å². The first-order valence-corrected chi connectivity index (χ1v) is 10.3. The van der Waals surface area contributed by atoms with Crippen molar-refractivity contribution in [2.45, 2.75) is 13.5 Å². The Labute approximate surface area is 188 Å². The smallest absolute Gasteiger partial charge is 0.253 e. The zero-order chi connectivity index (χ0) is 22.1. The summed E-state index contributed by atoms with van der Waals surface area (Å²) in [6, 6.07) is 13.4. The fourth-order valence-electron chi connectivity index (χ4n) is 3.55. The van der Waals surface area contributed by atoms with Gasteiger partial charge in [-0.1, -0.05) is 29.8 Å². The maximum absolute atomic E-state index is 13.1. The van der Waals surface area contributed by atoms with E-state index in [0.717, 1.165) is 22.3 Å². The predicted octanol–water partition coefficient (Wildman–Crippen LogP) is 4.94. The summed E-state index contributed by atoms with van der Waals surface area (Å²) in [5.41, 5.74) is 5.99. The second-order valence-electron chi connectivity index (χ2n) is 7.34. The highest BCUT2D eigenvalue weighted by molar-refractivity contribution is 6.30. The van der Waals surface area contributed by atoms with Crippen LogP contribution in [0.2, 0.25) is 5.02 Å². The molecule has 4 heterocycles. The van der Waals surface area contributed by atoms with Crippen molar-refractivity contribution in [3.8, 4) is 22.5 Å². The van der Waals surface area contributed by atoms with Crippen LogP contribution in [0.1, 0.15) is 21.7 Å². The van der Waals surface area contributed by atoms with Gasteiger partial charge in [0.1, 0.15) is 12.0 Å². The standard InChI is InChI=1S/C24H18ClN5O2/c1-15-9-27-19(10-26-15)11-28-24(31)21-8-20-6-5-17(16-3-2-4-18(25)7-16)12-30(20)23(21)22-13-32-14-29-22/h2-10,12-14H,11H2,1H3,(H,28,31). The van der Waals surface area contributed by atoms with E-state index in [9.17, 15) is 4.79 Å². The van der Waals surface area contributed by atoms with Crippen LogP contribution < -0.4 is 5.32 Å². The quantitative estimate of drug-likeness (QED) is 0.415. The Hall–Kier alpha value is -3.97. The van der Waals surface area contributed by atoms with Crippen LogP contribution in [-0.2, 0) is 6.54 Å². The summed E-state index contributed by atoms with van der Waals surface area (Å²) < 4.78 is 7.14. The van der Waals surface area contributed by atoms with Crippen LogP contribution in [-0.4, -0.2) is 25.3 Å². The van der Waals surface area contributed by atoms with Crippen LogP contribution in [0.25, 0.3) is 28.0 Å². The number of rotatable bonds is 5. The molecule has 8 heteroatoms. The summed E-state index contributed by atoms with van der Waals surface area (Å²) >= 11 is 6.17. The number of halogens is 1. The highest BCUT2D eigenvalue weighted by Crippen LogP contribution is 2.30. The SMILES string of the molecule is Cc1cnc(CNC(=O)c2cc3ccc(-c4cccc(Cl)c4)cn3c2-c2cocn2)cn1. The average Bonchev–Trinajstić information content (AvgIpc) is 3.45. The van der Waals surface area contributed by atoms with Gasteiger partial charge in [-0.25, -0.2) is 4.98 Å². The summed E-state index contributed by atoms with van der Waals surface area (Å²) in [6.07, 6.45) is 8.16. The molecule has 0 aliphatic carbocycles. The molecular formula is C24H18ClN5O2. The first-order chi connectivity index (χ1) is 15.6. The summed E-state index contributed by atoms with van der Waals surface area (Å²) in [5.74, 6) is -0.238. The molecule has 1 amide bonds. The minimum atomic E-state index is -0.238. The Kier molecular flexibility index (Phi) is 5.17. The third-order valence-electron chi connectivity index (χ3n) is 5.11. The van der Waals surface area contributed by atoms with Crippen molar-refractivity contribution in [3.63, 3.8) is 0 Å². The second-order valence-corrected chi connectivity index (χ2v) is 7.77. The number of benzene rings is 1. The molecule has 1 aromatic carbocycles. The number of pyridine rings is 1.